The van der Waals surface area contributed by atoms with Gasteiger partial charge in [-0.1, -0.05) is 12.5 Å². The van der Waals surface area contributed by atoms with Crippen LogP contribution >= 0.6 is 0 Å². The number of benzene rings is 1. The smallest absolute Gasteiger partial charge is 0.307 e. The molecule has 1 aromatic carbocycles. The number of carbonyl (C=O) groups is 1. The van der Waals surface area contributed by atoms with Crippen LogP contribution in [0.5, 0.6) is 11.5 Å². The third-order valence-corrected chi connectivity index (χ3v) is 5.91. The zero-order valence-corrected chi connectivity index (χ0v) is 15.4. The molecule has 1 atom stereocenters. The summed E-state index contributed by atoms with van der Waals surface area (Å²) in [6.07, 6.45) is 5.62. The van der Waals surface area contributed by atoms with Crippen LogP contribution in [0.2, 0.25) is 0 Å². The molecule has 3 aliphatic rings. The van der Waals surface area contributed by atoms with Crippen LogP contribution < -0.4 is 9.47 Å². The van der Waals surface area contributed by atoms with Gasteiger partial charge in [-0.05, 0) is 50.3 Å². The minimum Gasteiger partial charge on any atom is -0.458 e. The predicted octanol–water partition coefficient (Wildman–Crippen LogP) is 3.10. The van der Waals surface area contributed by atoms with Gasteiger partial charge in [-0.3, -0.25) is 4.79 Å². The Kier molecular flexibility index (Phi) is 3.84. The van der Waals surface area contributed by atoms with Gasteiger partial charge < -0.3 is 14.2 Å². The second-order valence-electron chi connectivity index (χ2n) is 7.72. The van der Waals surface area contributed by atoms with Gasteiger partial charge in [0, 0.05) is 0 Å². The molecule has 1 aliphatic carbocycles. The van der Waals surface area contributed by atoms with Gasteiger partial charge in [0.2, 0.25) is 6.79 Å². The monoisotopic (exact) mass is 369 g/mol. The molecule has 1 aromatic heterocycles. The highest BCUT2D eigenvalue weighted by molar-refractivity contribution is 5.74. The van der Waals surface area contributed by atoms with Gasteiger partial charge in [0.05, 0.1) is 18.9 Å². The maximum absolute atomic E-state index is 12.2. The Hall–Kier alpha value is -2.57. The summed E-state index contributed by atoms with van der Waals surface area (Å²) in [4.78, 5) is 16.9. The van der Waals surface area contributed by atoms with Crippen LogP contribution in [0.25, 0.3) is 0 Å². The van der Waals surface area contributed by atoms with Gasteiger partial charge in [-0.2, -0.15) is 5.10 Å². The maximum atomic E-state index is 12.2. The summed E-state index contributed by atoms with van der Waals surface area (Å²) in [6, 6.07) is 5.92. The van der Waals surface area contributed by atoms with Crippen molar-refractivity contribution in [1.29, 1.82) is 0 Å². The Labute approximate surface area is 157 Å². The normalized spacial score (nSPS) is 23.0. The lowest BCUT2D eigenvalue weighted by Crippen LogP contribution is -2.37. The summed E-state index contributed by atoms with van der Waals surface area (Å²) in [5.41, 5.74) is 0.662. The van der Waals surface area contributed by atoms with Gasteiger partial charge in [0.1, 0.15) is 17.2 Å². The second kappa shape index (κ2) is 6.25. The Morgan fingerprint density at radius 1 is 1.19 bits per heavy atom. The van der Waals surface area contributed by atoms with Crippen molar-refractivity contribution in [2.24, 2.45) is 0 Å². The van der Waals surface area contributed by atoms with Crippen LogP contribution in [0.3, 0.4) is 0 Å². The fourth-order valence-electron chi connectivity index (χ4n) is 4.68. The molecule has 0 bridgehead atoms. The van der Waals surface area contributed by atoms with E-state index in [-0.39, 0.29) is 18.7 Å². The zero-order valence-electron chi connectivity index (χ0n) is 15.4. The van der Waals surface area contributed by atoms with Crippen molar-refractivity contribution in [3.05, 3.63) is 35.4 Å². The number of rotatable bonds is 3. The van der Waals surface area contributed by atoms with Crippen molar-refractivity contribution in [3.63, 3.8) is 0 Å². The lowest BCUT2D eigenvalue weighted by atomic mass is 9.75. The first-order chi connectivity index (χ1) is 13.1. The van der Waals surface area contributed by atoms with E-state index in [1.165, 1.54) is 6.42 Å². The van der Waals surface area contributed by atoms with Crippen molar-refractivity contribution >= 4 is 5.97 Å². The Bertz CT molecular complexity index is 885. The fourth-order valence-corrected chi connectivity index (χ4v) is 4.68. The molecule has 27 heavy (non-hydrogen) atoms. The standard InChI is InChI=1S/C20H23N3O4/c1-13-21-19(15-10-18(24)27-20(15)7-3-2-4-8-20)23(22-13)11-14-5-6-16-17(9-14)26-12-25-16/h5-6,9,15H,2-4,7-8,10-12H2,1H3/t15-/m1/s1. The van der Waals surface area contributed by atoms with Crippen molar-refractivity contribution in [1.82, 2.24) is 14.8 Å². The first-order valence-electron chi connectivity index (χ1n) is 9.65. The lowest BCUT2D eigenvalue weighted by molar-refractivity contribution is -0.151. The highest BCUT2D eigenvalue weighted by Crippen LogP contribution is 2.48. The van der Waals surface area contributed by atoms with E-state index in [1.807, 2.05) is 29.8 Å². The van der Waals surface area contributed by atoms with E-state index < -0.39 is 5.60 Å². The molecule has 1 spiro atoms. The van der Waals surface area contributed by atoms with Gasteiger partial charge >= 0.3 is 5.97 Å². The summed E-state index contributed by atoms with van der Waals surface area (Å²) < 4.78 is 18.7. The molecule has 0 amide bonds. The summed E-state index contributed by atoms with van der Waals surface area (Å²) in [7, 11) is 0. The first kappa shape index (κ1) is 16.6. The van der Waals surface area contributed by atoms with Crippen molar-refractivity contribution in [2.45, 2.75) is 63.5 Å². The number of aromatic nitrogens is 3. The predicted molar refractivity (Wildman–Crippen MR) is 95.7 cm³/mol. The number of hydrogen-bond donors (Lipinski definition) is 0. The van der Waals surface area contributed by atoms with Gasteiger partial charge in [0.15, 0.2) is 11.5 Å². The maximum Gasteiger partial charge on any atom is 0.307 e. The quantitative estimate of drug-likeness (QED) is 0.774. The van der Waals surface area contributed by atoms with E-state index in [1.54, 1.807) is 0 Å². The zero-order chi connectivity index (χ0) is 18.4. The molecular formula is C20H23N3O4. The molecule has 5 rings (SSSR count). The lowest BCUT2D eigenvalue weighted by Gasteiger charge is -2.36. The average Bonchev–Trinajstić information content (AvgIpc) is 3.33. The summed E-state index contributed by atoms with van der Waals surface area (Å²) in [5, 5.41) is 4.61. The van der Waals surface area contributed by atoms with E-state index in [4.69, 9.17) is 19.2 Å². The summed E-state index contributed by atoms with van der Waals surface area (Å²) in [6.45, 7) is 2.73. The molecule has 0 radical (unpaired) electrons. The minimum absolute atomic E-state index is 0.0273. The first-order valence-corrected chi connectivity index (χ1v) is 9.65. The third kappa shape index (κ3) is 2.85. The molecule has 0 unspecified atom stereocenters. The van der Waals surface area contributed by atoms with Crippen molar-refractivity contribution in [3.8, 4) is 11.5 Å². The van der Waals surface area contributed by atoms with Crippen LogP contribution in [-0.4, -0.2) is 33.1 Å². The number of hydrogen-bond acceptors (Lipinski definition) is 6. The molecule has 7 heteroatoms. The van der Waals surface area contributed by atoms with Gasteiger partial charge in [-0.15, -0.1) is 0 Å². The molecule has 0 N–H and O–H groups in total. The molecule has 2 fully saturated rings. The number of aryl methyl sites for hydroxylation is 1. The molecular weight excluding hydrogens is 346 g/mol. The summed E-state index contributed by atoms with van der Waals surface area (Å²) in [5.74, 6) is 2.96. The molecule has 2 aliphatic heterocycles. The van der Waals surface area contributed by atoms with E-state index in [9.17, 15) is 4.79 Å². The van der Waals surface area contributed by atoms with Gasteiger partial charge in [0.25, 0.3) is 0 Å². The van der Waals surface area contributed by atoms with Gasteiger partial charge in [-0.25, -0.2) is 9.67 Å². The molecule has 7 nitrogen and oxygen atoms in total. The van der Waals surface area contributed by atoms with Crippen LogP contribution in [-0.2, 0) is 16.1 Å². The van der Waals surface area contributed by atoms with Crippen LogP contribution in [0.15, 0.2) is 18.2 Å². The third-order valence-electron chi connectivity index (χ3n) is 5.91. The van der Waals surface area contributed by atoms with Crippen LogP contribution in [0.4, 0.5) is 0 Å². The highest BCUT2D eigenvalue weighted by Gasteiger charge is 2.52. The number of esters is 1. The van der Waals surface area contributed by atoms with E-state index in [2.05, 4.69) is 5.10 Å². The van der Waals surface area contributed by atoms with E-state index in [0.717, 1.165) is 54.4 Å². The second-order valence-corrected chi connectivity index (χ2v) is 7.72. The van der Waals surface area contributed by atoms with Crippen molar-refractivity contribution < 1.29 is 19.0 Å². The van der Waals surface area contributed by atoms with Crippen molar-refractivity contribution in [2.75, 3.05) is 6.79 Å². The number of carbonyl (C=O) groups excluding carboxylic acids is 1. The van der Waals surface area contributed by atoms with E-state index >= 15 is 0 Å². The molecule has 142 valence electrons. The summed E-state index contributed by atoms with van der Waals surface area (Å²) >= 11 is 0. The Balaban J connectivity index is 1.48. The van der Waals surface area contributed by atoms with Crippen LogP contribution in [0, 0.1) is 6.92 Å². The van der Waals surface area contributed by atoms with E-state index in [0.29, 0.717) is 13.0 Å². The largest absolute Gasteiger partial charge is 0.458 e. The molecule has 1 saturated heterocycles. The molecule has 1 saturated carbocycles. The topological polar surface area (TPSA) is 75.5 Å². The SMILES string of the molecule is Cc1nc([C@H]2CC(=O)OC23CCCCC3)n(Cc2ccc3c(c2)OCO3)n1. The molecule has 3 heterocycles. The number of nitrogens with zero attached hydrogens (tertiary/aromatic N) is 3. The Morgan fingerprint density at radius 3 is 2.85 bits per heavy atom. The Morgan fingerprint density at radius 2 is 2.00 bits per heavy atom. The number of ether oxygens (including phenoxy) is 3. The van der Waals surface area contributed by atoms with Crippen LogP contribution in [0.1, 0.15) is 61.7 Å². The fraction of sp³-hybridized carbons (Fsp3) is 0.550. The molecule has 2 aromatic rings. The highest BCUT2D eigenvalue weighted by atomic mass is 16.7. The number of fused-ring (bicyclic) bond motifs is 1. The average molecular weight is 369 g/mol. The minimum atomic E-state index is -0.401.